The number of nitrogen functional groups attached to an aromatic ring is 1. The maximum Gasteiger partial charge on any atom is 0.252 e. The van der Waals surface area contributed by atoms with Crippen LogP contribution in [-0.2, 0) is 0 Å². The van der Waals surface area contributed by atoms with Crippen LogP contribution in [-0.4, -0.2) is 49.6 Å². The van der Waals surface area contributed by atoms with Crippen molar-refractivity contribution >= 4 is 28.9 Å². The normalized spacial score (nSPS) is 17.4. The van der Waals surface area contributed by atoms with Crippen LogP contribution in [0.2, 0.25) is 0 Å². The van der Waals surface area contributed by atoms with Gasteiger partial charge in [-0.25, -0.2) is 19.5 Å². The van der Waals surface area contributed by atoms with Gasteiger partial charge in [-0.3, -0.25) is 4.79 Å². The zero-order valence-electron chi connectivity index (χ0n) is 19.1. The van der Waals surface area contributed by atoms with Gasteiger partial charge in [0.15, 0.2) is 0 Å². The summed E-state index contributed by atoms with van der Waals surface area (Å²) in [4.78, 5) is 27.2. The van der Waals surface area contributed by atoms with E-state index in [0.717, 1.165) is 29.6 Å². The van der Waals surface area contributed by atoms with Gasteiger partial charge >= 0.3 is 0 Å². The summed E-state index contributed by atoms with van der Waals surface area (Å²) in [6, 6.07) is 7.63. The van der Waals surface area contributed by atoms with Crippen molar-refractivity contribution in [2.75, 3.05) is 29.0 Å². The molecule has 1 amide bonds. The van der Waals surface area contributed by atoms with Crippen LogP contribution in [0.1, 0.15) is 29.3 Å². The van der Waals surface area contributed by atoms with Gasteiger partial charge in [0.25, 0.3) is 5.91 Å². The molecule has 0 aliphatic carbocycles. The first-order valence-electron chi connectivity index (χ1n) is 11.2. The van der Waals surface area contributed by atoms with Gasteiger partial charge in [-0.15, -0.1) is 0 Å². The van der Waals surface area contributed by atoms with Crippen molar-refractivity contribution in [1.82, 2.24) is 24.6 Å². The van der Waals surface area contributed by atoms with Gasteiger partial charge in [0.2, 0.25) is 5.95 Å². The third-order valence-corrected chi connectivity index (χ3v) is 6.37. The summed E-state index contributed by atoms with van der Waals surface area (Å²) in [6.07, 6.45) is 9.03. The Bertz CT molecular complexity index is 1420. The number of rotatable bonds is 6. The predicted molar refractivity (Wildman–Crippen MR) is 132 cm³/mol. The zero-order valence-corrected chi connectivity index (χ0v) is 19.1. The first kappa shape index (κ1) is 22.1. The second-order valence-electron chi connectivity index (χ2n) is 8.54. The number of nitrogens with one attached hydrogen (secondary N) is 1. The minimum absolute atomic E-state index is 0.0140. The predicted octanol–water partition coefficient (Wildman–Crippen LogP) is 2.07. The summed E-state index contributed by atoms with van der Waals surface area (Å²) in [5, 5.41) is 17.0. The molecule has 5 rings (SSSR count). The van der Waals surface area contributed by atoms with Crippen LogP contribution >= 0.6 is 0 Å². The lowest BCUT2D eigenvalue weighted by Gasteiger charge is -2.21. The standard InChI is InChI=1S/C24H24N10O/c1-2-15-11-33(24-29-7-14(6-25)8-30-24)13-19(15)32-22-18(23(27)35)10-31-34-12-17(5-20(22)34)16-3-4-21(26)28-9-16/h3-5,7-10,12,15,19,32H,2,11,13H2,1H3,(H2,26,28)(H2,27,35)/t15-,19-/m1/s1. The Kier molecular flexibility index (Phi) is 5.62. The number of carbonyl (C=O) groups is 1. The highest BCUT2D eigenvalue weighted by Gasteiger charge is 2.34. The van der Waals surface area contributed by atoms with Crippen LogP contribution in [0, 0.1) is 17.2 Å². The van der Waals surface area contributed by atoms with Crippen LogP contribution in [0.3, 0.4) is 0 Å². The lowest BCUT2D eigenvalue weighted by atomic mass is 10.00. The molecule has 11 nitrogen and oxygen atoms in total. The zero-order chi connectivity index (χ0) is 24.5. The van der Waals surface area contributed by atoms with Crippen molar-refractivity contribution in [3.63, 3.8) is 0 Å². The molecule has 11 heteroatoms. The number of carbonyl (C=O) groups excluding carboxylic acids is 1. The fraction of sp³-hybridized carbons (Fsp3) is 0.250. The largest absolute Gasteiger partial charge is 0.384 e. The lowest BCUT2D eigenvalue weighted by molar-refractivity contribution is 0.100. The van der Waals surface area contributed by atoms with Crippen LogP contribution in [0.4, 0.5) is 17.5 Å². The first-order chi connectivity index (χ1) is 17.0. The smallest absolute Gasteiger partial charge is 0.252 e. The summed E-state index contributed by atoms with van der Waals surface area (Å²) in [6.45, 7) is 3.51. The van der Waals surface area contributed by atoms with E-state index < -0.39 is 5.91 Å². The van der Waals surface area contributed by atoms with E-state index >= 15 is 0 Å². The van der Waals surface area contributed by atoms with Crippen molar-refractivity contribution in [2.24, 2.45) is 11.7 Å². The van der Waals surface area contributed by atoms with Crippen molar-refractivity contribution in [1.29, 1.82) is 5.26 Å². The number of nitrogens with two attached hydrogens (primary N) is 2. The molecule has 0 aromatic carbocycles. The van der Waals surface area contributed by atoms with Gasteiger partial charge < -0.3 is 21.7 Å². The molecule has 1 saturated heterocycles. The van der Waals surface area contributed by atoms with Gasteiger partial charge in [0, 0.05) is 42.7 Å². The minimum Gasteiger partial charge on any atom is -0.384 e. The maximum atomic E-state index is 12.3. The van der Waals surface area contributed by atoms with E-state index in [2.05, 4.69) is 37.2 Å². The third kappa shape index (κ3) is 4.17. The van der Waals surface area contributed by atoms with Crippen molar-refractivity contribution in [2.45, 2.75) is 19.4 Å². The van der Waals surface area contributed by atoms with E-state index in [0.29, 0.717) is 35.1 Å². The van der Waals surface area contributed by atoms with Gasteiger partial charge in [-0.05, 0) is 30.5 Å². The Morgan fingerprint density at radius 2 is 1.97 bits per heavy atom. The Balaban J connectivity index is 1.49. The molecule has 0 bridgehead atoms. The maximum absolute atomic E-state index is 12.3. The Morgan fingerprint density at radius 3 is 2.63 bits per heavy atom. The molecule has 35 heavy (non-hydrogen) atoms. The fourth-order valence-corrected chi connectivity index (χ4v) is 4.47. The molecule has 0 saturated carbocycles. The van der Waals surface area contributed by atoms with Crippen molar-refractivity contribution < 1.29 is 4.79 Å². The number of hydrogen-bond acceptors (Lipinski definition) is 9. The molecule has 176 valence electrons. The molecular formula is C24H24N10O. The number of amides is 1. The monoisotopic (exact) mass is 468 g/mol. The van der Waals surface area contributed by atoms with Crippen molar-refractivity contribution in [3.05, 3.63) is 60.3 Å². The molecule has 1 aliphatic heterocycles. The number of pyridine rings is 1. The molecule has 2 atom stereocenters. The van der Waals surface area contributed by atoms with Gasteiger partial charge in [-0.2, -0.15) is 10.4 Å². The first-order valence-corrected chi connectivity index (χ1v) is 11.2. The minimum atomic E-state index is -0.558. The highest BCUT2D eigenvalue weighted by molar-refractivity contribution is 6.02. The number of primary amides is 1. The van der Waals surface area contributed by atoms with E-state index in [1.807, 2.05) is 24.4 Å². The molecule has 0 unspecified atom stereocenters. The van der Waals surface area contributed by atoms with E-state index in [1.54, 1.807) is 16.8 Å². The van der Waals surface area contributed by atoms with Crippen LogP contribution in [0.25, 0.3) is 16.6 Å². The summed E-state index contributed by atoms with van der Waals surface area (Å²) >= 11 is 0. The van der Waals surface area contributed by atoms with Crippen LogP contribution in [0.5, 0.6) is 0 Å². The molecular weight excluding hydrogens is 444 g/mol. The fourth-order valence-electron chi connectivity index (χ4n) is 4.47. The Labute approximate surface area is 201 Å². The van der Waals surface area contributed by atoms with E-state index in [9.17, 15) is 4.79 Å². The van der Waals surface area contributed by atoms with Crippen LogP contribution in [0.15, 0.2) is 49.2 Å². The number of nitrogens with zero attached hydrogens (tertiary/aromatic N) is 7. The summed E-state index contributed by atoms with van der Waals surface area (Å²) < 4.78 is 1.72. The summed E-state index contributed by atoms with van der Waals surface area (Å²) in [7, 11) is 0. The molecule has 5 N–H and O–H groups in total. The number of anilines is 3. The van der Waals surface area contributed by atoms with E-state index in [4.69, 9.17) is 16.7 Å². The van der Waals surface area contributed by atoms with E-state index in [1.165, 1.54) is 18.6 Å². The SMILES string of the molecule is CC[C@@H]1CN(c2ncc(C#N)cn2)C[C@H]1Nc1c(C(N)=O)cnn2cc(-c3ccc(N)nc3)cc12. The van der Waals surface area contributed by atoms with Gasteiger partial charge in [-0.1, -0.05) is 6.92 Å². The quantitative estimate of drug-likeness (QED) is 0.384. The van der Waals surface area contributed by atoms with Gasteiger partial charge in [0.05, 0.1) is 40.9 Å². The summed E-state index contributed by atoms with van der Waals surface area (Å²) in [5.74, 6) is 0.732. The number of aromatic nitrogens is 5. The second kappa shape index (κ2) is 8.90. The third-order valence-electron chi connectivity index (χ3n) is 6.37. The second-order valence-corrected chi connectivity index (χ2v) is 8.54. The average Bonchev–Trinajstić information content (AvgIpc) is 3.49. The molecule has 4 aromatic rings. The van der Waals surface area contributed by atoms with Crippen LogP contribution < -0.4 is 21.7 Å². The van der Waals surface area contributed by atoms with Crippen molar-refractivity contribution in [3.8, 4) is 17.2 Å². The lowest BCUT2D eigenvalue weighted by Crippen LogP contribution is -2.31. The molecule has 1 fully saturated rings. The summed E-state index contributed by atoms with van der Waals surface area (Å²) in [5.41, 5.74) is 15.3. The molecule has 4 aromatic heterocycles. The number of nitriles is 1. The molecule has 0 radical (unpaired) electrons. The highest BCUT2D eigenvalue weighted by atomic mass is 16.1. The highest BCUT2D eigenvalue weighted by Crippen LogP contribution is 2.32. The van der Waals surface area contributed by atoms with E-state index in [-0.39, 0.29) is 12.0 Å². The molecule has 5 heterocycles. The number of fused-ring (bicyclic) bond motifs is 1. The topological polar surface area (TPSA) is 164 Å². The Morgan fingerprint density at radius 1 is 1.17 bits per heavy atom. The number of hydrogen-bond donors (Lipinski definition) is 3. The average molecular weight is 469 g/mol. The molecule has 0 spiro atoms. The van der Waals surface area contributed by atoms with Gasteiger partial charge in [0.1, 0.15) is 11.9 Å². The Hall–Kier alpha value is -4.72. The molecule has 1 aliphatic rings.